The highest BCUT2D eigenvalue weighted by atomic mass is 31.2. The molecule has 0 radical (unpaired) electrons. The lowest BCUT2D eigenvalue weighted by atomic mass is 10.1. The minimum absolute atomic E-state index is 0.139. The third-order valence-corrected chi connectivity index (χ3v) is 3.60. The Bertz CT molecular complexity index is 268. The molecule has 0 aliphatic heterocycles. The maximum atomic E-state index is 8.88. The van der Waals surface area contributed by atoms with Crippen LogP contribution in [0.3, 0.4) is 0 Å². The van der Waals surface area contributed by atoms with Gasteiger partial charge in [0.15, 0.2) is 0 Å². The molecule has 10 heteroatoms. The van der Waals surface area contributed by atoms with Crippen molar-refractivity contribution in [2.45, 2.75) is 90.9 Å². The molecule has 0 unspecified atom stereocenters. The molecule has 9 nitrogen and oxygen atoms in total. The van der Waals surface area contributed by atoms with Gasteiger partial charge in [-0.1, -0.05) is 78.1 Å². The third kappa shape index (κ3) is 79.8. The van der Waals surface area contributed by atoms with Crippen molar-refractivity contribution in [3.05, 3.63) is 0 Å². The molecular weight excluding hydrogens is 413 g/mol. The number of aliphatic hydroxyl groups is 4. The normalized spacial score (nSPS) is 10.2. The molecule has 0 aromatic heterocycles. The lowest BCUT2D eigenvalue weighted by Crippen LogP contribution is -2.21. The monoisotopic (exact) mass is 463 g/mol. The summed E-state index contributed by atoms with van der Waals surface area (Å²) in [6.07, 6.45) is 15.0. The molecule has 0 aliphatic rings. The van der Waals surface area contributed by atoms with Crippen molar-refractivity contribution in [2.75, 3.05) is 39.5 Å². The first-order valence-electron chi connectivity index (χ1n) is 11.2. The van der Waals surface area contributed by atoms with Gasteiger partial charge in [-0.2, -0.15) is 0 Å². The van der Waals surface area contributed by atoms with Crippen LogP contribution >= 0.6 is 7.82 Å². The Hall–Kier alpha value is -0.0900. The molecule has 0 aliphatic carbocycles. The van der Waals surface area contributed by atoms with E-state index in [-0.39, 0.29) is 13.2 Å². The number of phosphoric acid groups is 1. The highest BCUT2D eigenvalue weighted by Gasteiger charge is 2.00. The Labute approximate surface area is 183 Å². The molecule has 0 saturated heterocycles. The average Bonchev–Trinajstić information content (AvgIpc) is 2.68. The molecule has 0 saturated carbocycles. The summed E-state index contributed by atoms with van der Waals surface area (Å²) in [5.74, 6) is 0. The quantitative estimate of drug-likeness (QED) is 0.126. The standard InChI is InChI=1S/2C8H18O.C4H11NO2.H3O4P/c2*1-2-3-4-5-6-7-8-9;6-3-1-5-2-4-7;1-5(2,3)4/h2*9H,2-8H2,1H3;5-7H,1-4H2;(H3,1,2,3,4). The molecule has 0 bridgehead atoms. The van der Waals surface area contributed by atoms with Crippen LogP contribution in [0.1, 0.15) is 90.9 Å². The van der Waals surface area contributed by atoms with Crippen molar-refractivity contribution < 1.29 is 39.7 Å². The number of unbranched alkanes of at least 4 members (excludes halogenated alkanes) is 10. The third-order valence-electron chi connectivity index (χ3n) is 3.60. The second-order valence-corrected chi connectivity index (χ2v) is 7.72. The van der Waals surface area contributed by atoms with E-state index < -0.39 is 7.82 Å². The van der Waals surface area contributed by atoms with Crippen LogP contribution in [0, 0.1) is 0 Å². The van der Waals surface area contributed by atoms with Gasteiger partial charge in [-0.05, 0) is 12.8 Å². The summed E-state index contributed by atoms with van der Waals surface area (Å²) in [7, 11) is -4.64. The average molecular weight is 464 g/mol. The first-order chi connectivity index (χ1) is 14.2. The molecule has 30 heavy (non-hydrogen) atoms. The molecule has 0 amide bonds. The zero-order valence-electron chi connectivity index (χ0n) is 19.2. The second-order valence-electron chi connectivity index (χ2n) is 6.69. The molecule has 0 rings (SSSR count). The van der Waals surface area contributed by atoms with E-state index in [0.29, 0.717) is 26.3 Å². The van der Waals surface area contributed by atoms with Gasteiger partial charge < -0.3 is 40.4 Å². The number of aliphatic hydroxyl groups excluding tert-OH is 4. The van der Waals surface area contributed by atoms with Crippen LogP contribution < -0.4 is 5.32 Å². The van der Waals surface area contributed by atoms with Gasteiger partial charge in [-0.15, -0.1) is 0 Å². The van der Waals surface area contributed by atoms with Gasteiger partial charge in [0, 0.05) is 26.3 Å². The van der Waals surface area contributed by atoms with E-state index in [1.165, 1.54) is 64.2 Å². The molecule has 8 N–H and O–H groups in total. The van der Waals surface area contributed by atoms with E-state index in [9.17, 15) is 0 Å². The van der Waals surface area contributed by atoms with Crippen LogP contribution in [-0.2, 0) is 4.57 Å². The number of rotatable bonds is 16. The summed E-state index contributed by atoms with van der Waals surface area (Å²) in [5, 5.41) is 35.9. The van der Waals surface area contributed by atoms with Gasteiger partial charge in [0.25, 0.3) is 0 Å². The Morgan fingerprint density at radius 3 is 1.03 bits per heavy atom. The Morgan fingerprint density at radius 1 is 0.533 bits per heavy atom. The summed E-state index contributed by atoms with van der Waals surface area (Å²) in [6.45, 7) is 6.58. The summed E-state index contributed by atoms with van der Waals surface area (Å²) in [6, 6.07) is 0. The zero-order chi connectivity index (χ0) is 23.9. The summed E-state index contributed by atoms with van der Waals surface area (Å²) in [5.41, 5.74) is 0. The lowest BCUT2D eigenvalue weighted by molar-refractivity contribution is 0.266. The molecule has 0 fully saturated rings. The summed E-state index contributed by atoms with van der Waals surface area (Å²) < 4.78 is 8.88. The van der Waals surface area contributed by atoms with Gasteiger partial charge in [-0.3, -0.25) is 0 Å². The Balaban J connectivity index is -0.000000154. The molecule has 0 aromatic carbocycles. The molecule has 0 atom stereocenters. The number of nitrogens with one attached hydrogen (secondary N) is 1. The SMILES string of the molecule is CCCCCCCCO.CCCCCCCCO.O=P(O)(O)O.OCCNCCO. The van der Waals surface area contributed by atoms with Crippen LogP contribution in [0.2, 0.25) is 0 Å². The van der Waals surface area contributed by atoms with Crippen molar-refractivity contribution in [3.63, 3.8) is 0 Å². The second kappa shape index (κ2) is 36.3. The fourth-order valence-electron chi connectivity index (χ4n) is 2.07. The largest absolute Gasteiger partial charge is 0.466 e. The predicted molar refractivity (Wildman–Crippen MR) is 122 cm³/mol. The molecule has 0 spiro atoms. The Kier molecular flexibility index (Phi) is 45.0. The van der Waals surface area contributed by atoms with Crippen LogP contribution in [0.5, 0.6) is 0 Å². The minimum atomic E-state index is -4.64. The van der Waals surface area contributed by atoms with Crippen molar-refractivity contribution in [3.8, 4) is 0 Å². The van der Waals surface area contributed by atoms with Crippen LogP contribution in [-0.4, -0.2) is 74.6 Å². The fraction of sp³-hybridized carbons (Fsp3) is 1.00. The van der Waals surface area contributed by atoms with Crippen LogP contribution in [0.4, 0.5) is 0 Å². The van der Waals surface area contributed by atoms with E-state index in [2.05, 4.69) is 19.2 Å². The van der Waals surface area contributed by atoms with E-state index in [1.54, 1.807) is 0 Å². The lowest BCUT2D eigenvalue weighted by Gasteiger charge is -1.95. The van der Waals surface area contributed by atoms with Gasteiger partial charge in [0.1, 0.15) is 0 Å². The van der Waals surface area contributed by atoms with Crippen molar-refractivity contribution >= 4 is 7.82 Å². The van der Waals surface area contributed by atoms with Crippen molar-refractivity contribution in [1.82, 2.24) is 5.32 Å². The van der Waals surface area contributed by atoms with Gasteiger partial charge in [0.2, 0.25) is 0 Å². The van der Waals surface area contributed by atoms with E-state index in [4.69, 9.17) is 39.7 Å². The van der Waals surface area contributed by atoms with Gasteiger partial charge in [0.05, 0.1) is 13.2 Å². The van der Waals surface area contributed by atoms with E-state index >= 15 is 0 Å². The van der Waals surface area contributed by atoms with Gasteiger partial charge in [-0.25, -0.2) is 4.57 Å². The van der Waals surface area contributed by atoms with Crippen molar-refractivity contribution in [1.29, 1.82) is 0 Å². The van der Waals surface area contributed by atoms with E-state index in [1.807, 2.05) is 0 Å². The summed E-state index contributed by atoms with van der Waals surface area (Å²) in [4.78, 5) is 21.6. The zero-order valence-corrected chi connectivity index (χ0v) is 20.1. The molecule has 0 heterocycles. The van der Waals surface area contributed by atoms with Crippen LogP contribution in [0.25, 0.3) is 0 Å². The minimum Gasteiger partial charge on any atom is -0.396 e. The number of hydrogen-bond acceptors (Lipinski definition) is 6. The topological polar surface area (TPSA) is 171 Å². The van der Waals surface area contributed by atoms with Crippen LogP contribution in [0.15, 0.2) is 0 Å². The summed E-state index contributed by atoms with van der Waals surface area (Å²) >= 11 is 0. The van der Waals surface area contributed by atoms with Gasteiger partial charge >= 0.3 is 7.82 Å². The maximum Gasteiger partial charge on any atom is 0.466 e. The number of hydrogen-bond donors (Lipinski definition) is 8. The highest BCUT2D eigenvalue weighted by molar-refractivity contribution is 7.45. The predicted octanol–water partition coefficient (Wildman–Crippen LogP) is 2.31. The molecular formula is C20H50NO8P. The smallest absolute Gasteiger partial charge is 0.396 e. The first kappa shape index (κ1) is 37.2. The Morgan fingerprint density at radius 2 is 0.800 bits per heavy atom. The van der Waals surface area contributed by atoms with E-state index in [0.717, 1.165) is 12.8 Å². The first-order valence-corrected chi connectivity index (χ1v) is 12.7. The highest BCUT2D eigenvalue weighted by Crippen LogP contribution is 2.25. The molecule has 188 valence electrons. The maximum absolute atomic E-state index is 8.88. The van der Waals surface area contributed by atoms with Crippen molar-refractivity contribution in [2.24, 2.45) is 0 Å². The fourth-order valence-corrected chi connectivity index (χ4v) is 2.07. The molecule has 0 aromatic rings.